The zero-order valence-corrected chi connectivity index (χ0v) is 7.75. The lowest BCUT2D eigenvalue weighted by atomic mass is 10.3. The van der Waals surface area contributed by atoms with Crippen LogP contribution in [-0.2, 0) is 4.79 Å². The highest BCUT2D eigenvalue weighted by Crippen LogP contribution is 1.84. The summed E-state index contributed by atoms with van der Waals surface area (Å²) in [5, 5.41) is 2.77. The van der Waals surface area contributed by atoms with E-state index >= 15 is 0 Å². The summed E-state index contributed by atoms with van der Waals surface area (Å²) in [4.78, 5) is 10.8. The molecule has 3 nitrogen and oxygen atoms in total. The van der Waals surface area contributed by atoms with Crippen LogP contribution in [0.5, 0.6) is 0 Å². The van der Waals surface area contributed by atoms with Gasteiger partial charge in [0.1, 0.15) is 0 Å². The van der Waals surface area contributed by atoms with Gasteiger partial charge < -0.3 is 11.1 Å². The number of amides is 1. The first-order chi connectivity index (χ1) is 4.81. The predicted octanol–water partition coefficient (Wildman–Crippen LogP) is 0.673. The molecule has 0 aromatic heterocycles. The summed E-state index contributed by atoms with van der Waals surface area (Å²) in [6, 6.07) is 0. The van der Waals surface area contributed by atoms with Crippen LogP contribution >= 0.6 is 12.4 Å². The molecule has 0 atom stereocenters. The molecule has 0 saturated carbocycles. The van der Waals surface area contributed by atoms with Crippen molar-refractivity contribution in [1.29, 1.82) is 0 Å². The molecule has 0 spiro atoms. The molecule has 0 aliphatic rings. The lowest BCUT2D eigenvalue weighted by molar-refractivity contribution is -0.121. The Morgan fingerprint density at radius 3 is 2.64 bits per heavy atom. The van der Waals surface area contributed by atoms with E-state index in [0.29, 0.717) is 13.0 Å². The summed E-state index contributed by atoms with van der Waals surface area (Å²) in [6.45, 7) is 3.41. The number of nitrogens with one attached hydrogen (secondary N) is 1. The quantitative estimate of drug-likeness (QED) is 0.654. The van der Waals surface area contributed by atoms with Crippen LogP contribution in [0.25, 0.3) is 0 Å². The SMILES string of the molecule is CCCNC(=O)CCCN.Cl. The summed E-state index contributed by atoms with van der Waals surface area (Å²) in [5.41, 5.74) is 5.23. The molecule has 0 fully saturated rings. The van der Waals surface area contributed by atoms with Gasteiger partial charge in [-0.2, -0.15) is 0 Å². The first-order valence-corrected chi connectivity index (χ1v) is 3.78. The number of hydrogen-bond donors (Lipinski definition) is 2. The Bertz CT molecular complexity index is 88.4. The van der Waals surface area contributed by atoms with E-state index in [1.54, 1.807) is 0 Å². The van der Waals surface area contributed by atoms with E-state index in [-0.39, 0.29) is 18.3 Å². The maximum atomic E-state index is 10.8. The van der Waals surface area contributed by atoms with Crippen LogP contribution in [-0.4, -0.2) is 19.0 Å². The van der Waals surface area contributed by atoms with Crippen molar-refractivity contribution < 1.29 is 4.79 Å². The average molecular weight is 181 g/mol. The van der Waals surface area contributed by atoms with Gasteiger partial charge in [-0.15, -0.1) is 12.4 Å². The van der Waals surface area contributed by atoms with Gasteiger partial charge in [0.15, 0.2) is 0 Å². The third kappa shape index (κ3) is 9.72. The maximum Gasteiger partial charge on any atom is 0.220 e. The van der Waals surface area contributed by atoms with E-state index in [9.17, 15) is 4.79 Å². The molecule has 1 amide bonds. The fourth-order valence-corrected chi connectivity index (χ4v) is 0.615. The molecule has 0 rings (SSSR count). The summed E-state index contributed by atoms with van der Waals surface area (Å²) in [7, 11) is 0. The molecule has 3 N–H and O–H groups in total. The topological polar surface area (TPSA) is 55.1 Å². The van der Waals surface area contributed by atoms with Gasteiger partial charge in [-0.3, -0.25) is 4.79 Å². The van der Waals surface area contributed by atoms with Crippen molar-refractivity contribution in [2.45, 2.75) is 26.2 Å². The lowest BCUT2D eigenvalue weighted by Gasteiger charge is -2.00. The second kappa shape index (κ2) is 9.72. The van der Waals surface area contributed by atoms with E-state index < -0.39 is 0 Å². The van der Waals surface area contributed by atoms with Gasteiger partial charge >= 0.3 is 0 Å². The molecule has 0 heterocycles. The fraction of sp³-hybridized carbons (Fsp3) is 0.857. The molecule has 0 unspecified atom stereocenters. The number of carbonyl (C=O) groups excluding carboxylic acids is 1. The van der Waals surface area contributed by atoms with Gasteiger partial charge in [0, 0.05) is 13.0 Å². The highest BCUT2D eigenvalue weighted by atomic mass is 35.5. The smallest absolute Gasteiger partial charge is 0.220 e. The van der Waals surface area contributed by atoms with Crippen LogP contribution in [0.4, 0.5) is 0 Å². The van der Waals surface area contributed by atoms with Crippen LogP contribution in [0.1, 0.15) is 26.2 Å². The first kappa shape index (κ1) is 13.3. The monoisotopic (exact) mass is 180 g/mol. The van der Waals surface area contributed by atoms with Crippen molar-refractivity contribution in [2.24, 2.45) is 5.73 Å². The highest BCUT2D eigenvalue weighted by Gasteiger charge is 1.96. The standard InChI is InChI=1S/C7H16N2O.ClH/c1-2-6-9-7(10)4-3-5-8;/h2-6,8H2,1H3,(H,9,10);1H. The molecule has 0 aromatic carbocycles. The number of carbonyl (C=O) groups is 1. The predicted molar refractivity (Wildman–Crippen MR) is 48.8 cm³/mol. The van der Waals surface area contributed by atoms with E-state index in [1.807, 2.05) is 6.92 Å². The maximum absolute atomic E-state index is 10.8. The molecule has 4 heteroatoms. The third-order valence-corrected chi connectivity index (χ3v) is 1.18. The lowest BCUT2D eigenvalue weighted by Crippen LogP contribution is -2.24. The summed E-state index contributed by atoms with van der Waals surface area (Å²) in [5.74, 6) is 0.118. The van der Waals surface area contributed by atoms with Crippen LogP contribution in [0, 0.1) is 0 Å². The Kier molecular flexibility index (Phi) is 11.8. The molecule has 0 bridgehead atoms. The minimum atomic E-state index is 0. The van der Waals surface area contributed by atoms with Gasteiger partial charge in [0.05, 0.1) is 0 Å². The molecule has 0 aliphatic carbocycles. The van der Waals surface area contributed by atoms with Gasteiger partial charge in [0.2, 0.25) is 5.91 Å². The normalized spacial score (nSPS) is 8.55. The van der Waals surface area contributed by atoms with Gasteiger partial charge in [0.25, 0.3) is 0 Å². The molecule has 0 radical (unpaired) electrons. The van der Waals surface area contributed by atoms with Gasteiger partial charge in [-0.05, 0) is 19.4 Å². The zero-order valence-electron chi connectivity index (χ0n) is 6.93. The number of nitrogens with two attached hydrogens (primary N) is 1. The van der Waals surface area contributed by atoms with Crippen molar-refractivity contribution in [3.05, 3.63) is 0 Å². The molecule has 0 aromatic rings. The second-order valence-electron chi connectivity index (χ2n) is 2.24. The summed E-state index contributed by atoms with van der Waals surface area (Å²) in [6.07, 6.45) is 2.35. The number of hydrogen-bond acceptors (Lipinski definition) is 2. The second-order valence-corrected chi connectivity index (χ2v) is 2.24. The van der Waals surface area contributed by atoms with Crippen LogP contribution in [0.2, 0.25) is 0 Å². The Morgan fingerprint density at radius 1 is 1.55 bits per heavy atom. The minimum absolute atomic E-state index is 0. The van der Waals surface area contributed by atoms with Gasteiger partial charge in [-0.1, -0.05) is 6.92 Å². The molecular formula is C7H17ClN2O. The van der Waals surface area contributed by atoms with Crippen LogP contribution < -0.4 is 11.1 Å². The van der Waals surface area contributed by atoms with E-state index in [4.69, 9.17) is 5.73 Å². The number of halogens is 1. The van der Waals surface area contributed by atoms with E-state index in [2.05, 4.69) is 5.32 Å². The Hall–Kier alpha value is -0.280. The van der Waals surface area contributed by atoms with Crippen LogP contribution in [0.15, 0.2) is 0 Å². The Labute approximate surface area is 74.1 Å². The van der Waals surface area contributed by atoms with Crippen molar-refractivity contribution in [3.63, 3.8) is 0 Å². The molecule has 0 saturated heterocycles. The molecule has 68 valence electrons. The first-order valence-electron chi connectivity index (χ1n) is 3.78. The van der Waals surface area contributed by atoms with Gasteiger partial charge in [-0.25, -0.2) is 0 Å². The zero-order chi connectivity index (χ0) is 7.82. The third-order valence-electron chi connectivity index (χ3n) is 1.18. The van der Waals surface area contributed by atoms with Crippen molar-refractivity contribution in [1.82, 2.24) is 5.32 Å². The minimum Gasteiger partial charge on any atom is -0.356 e. The summed E-state index contributed by atoms with van der Waals surface area (Å²) < 4.78 is 0. The largest absolute Gasteiger partial charge is 0.356 e. The fourth-order valence-electron chi connectivity index (χ4n) is 0.615. The molecule has 11 heavy (non-hydrogen) atoms. The van der Waals surface area contributed by atoms with Crippen molar-refractivity contribution >= 4 is 18.3 Å². The van der Waals surface area contributed by atoms with Crippen molar-refractivity contribution in [2.75, 3.05) is 13.1 Å². The van der Waals surface area contributed by atoms with E-state index in [1.165, 1.54) is 0 Å². The Morgan fingerprint density at radius 2 is 2.18 bits per heavy atom. The number of rotatable bonds is 5. The highest BCUT2D eigenvalue weighted by molar-refractivity contribution is 5.85. The molecular weight excluding hydrogens is 164 g/mol. The Balaban J connectivity index is 0. The molecule has 0 aliphatic heterocycles. The van der Waals surface area contributed by atoms with Crippen LogP contribution in [0.3, 0.4) is 0 Å². The van der Waals surface area contributed by atoms with Crippen molar-refractivity contribution in [3.8, 4) is 0 Å². The summed E-state index contributed by atoms with van der Waals surface area (Å²) >= 11 is 0. The van der Waals surface area contributed by atoms with E-state index in [0.717, 1.165) is 19.4 Å². The average Bonchev–Trinajstić information content (AvgIpc) is 1.97.